The van der Waals surface area contributed by atoms with Crippen LogP contribution in [0.4, 0.5) is 23.8 Å². The third-order valence-corrected chi connectivity index (χ3v) is 5.52. The van der Waals surface area contributed by atoms with E-state index in [-0.39, 0.29) is 12.4 Å². The van der Waals surface area contributed by atoms with E-state index in [9.17, 15) is 27.9 Å². The number of ether oxygens (including phenoxy) is 2. The number of hydrogen-bond acceptors (Lipinski definition) is 5. The van der Waals surface area contributed by atoms with E-state index in [1.165, 1.54) is 7.11 Å². The number of aromatic carboxylic acids is 1. The lowest BCUT2D eigenvalue weighted by Gasteiger charge is -2.39. The van der Waals surface area contributed by atoms with E-state index in [2.05, 4.69) is 5.10 Å². The van der Waals surface area contributed by atoms with Crippen LogP contribution in [0.5, 0.6) is 5.75 Å². The van der Waals surface area contributed by atoms with Crippen LogP contribution in [-0.4, -0.2) is 40.2 Å². The first kappa shape index (κ1) is 23.1. The molecule has 2 atom stereocenters. The van der Waals surface area contributed by atoms with Gasteiger partial charge in [-0.05, 0) is 23.3 Å². The summed E-state index contributed by atoms with van der Waals surface area (Å²) in [6, 6.07) is 12.7. The maximum absolute atomic E-state index is 14.0. The second-order valence-electron chi connectivity index (χ2n) is 7.63. The van der Waals surface area contributed by atoms with Crippen LogP contribution in [0, 0.1) is 0 Å². The second kappa shape index (κ2) is 9.08. The number of carbonyl (C=O) groups excluding carboxylic acids is 1. The van der Waals surface area contributed by atoms with Crippen molar-refractivity contribution >= 4 is 17.9 Å². The molecular formula is C23H20F3N3O5. The molecule has 0 fully saturated rings. The molecule has 0 aliphatic carbocycles. The number of methoxy groups -OCH3 is 1. The van der Waals surface area contributed by atoms with Crippen LogP contribution in [0.2, 0.25) is 0 Å². The second-order valence-corrected chi connectivity index (χ2v) is 7.63. The first-order valence-electron chi connectivity index (χ1n) is 10.2. The number of halogens is 3. The van der Waals surface area contributed by atoms with E-state index < -0.39 is 42.4 Å². The molecule has 178 valence electrons. The first-order chi connectivity index (χ1) is 16.2. The van der Waals surface area contributed by atoms with Crippen LogP contribution in [0.1, 0.15) is 40.1 Å². The summed E-state index contributed by atoms with van der Waals surface area (Å²) in [6.07, 6.45) is -6.24. The predicted molar refractivity (Wildman–Crippen MR) is 114 cm³/mol. The van der Waals surface area contributed by atoms with Gasteiger partial charge in [-0.15, -0.1) is 0 Å². The van der Waals surface area contributed by atoms with E-state index in [4.69, 9.17) is 9.47 Å². The zero-order valence-electron chi connectivity index (χ0n) is 17.9. The monoisotopic (exact) mass is 475 g/mol. The Hall–Kier alpha value is -4.02. The van der Waals surface area contributed by atoms with Crippen molar-refractivity contribution in [1.29, 1.82) is 0 Å². The van der Waals surface area contributed by atoms with Crippen molar-refractivity contribution in [3.8, 4) is 5.75 Å². The van der Waals surface area contributed by atoms with Crippen molar-refractivity contribution in [2.45, 2.75) is 31.3 Å². The molecule has 1 aliphatic heterocycles. The Labute approximate surface area is 192 Å². The minimum Gasteiger partial charge on any atom is -0.497 e. The summed E-state index contributed by atoms with van der Waals surface area (Å²) >= 11 is 0. The molecule has 1 aromatic heterocycles. The molecule has 0 bridgehead atoms. The van der Waals surface area contributed by atoms with Crippen LogP contribution in [0.3, 0.4) is 0 Å². The molecular weight excluding hydrogens is 455 g/mol. The lowest BCUT2D eigenvalue weighted by Crippen LogP contribution is -2.45. The topological polar surface area (TPSA) is 93.9 Å². The van der Waals surface area contributed by atoms with Crippen LogP contribution >= 0.6 is 0 Å². The van der Waals surface area contributed by atoms with Gasteiger partial charge in [-0.3, -0.25) is 4.90 Å². The fraction of sp³-hybridized carbons (Fsp3) is 0.261. The molecule has 0 saturated heterocycles. The number of carbonyl (C=O) groups is 2. The van der Waals surface area contributed by atoms with E-state index in [1.807, 2.05) is 0 Å². The predicted octanol–water partition coefficient (Wildman–Crippen LogP) is 4.98. The van der Waals surface area contributed by atoms with Crippen molar-refractivity contribution in [2.75, 3.05) is 12.0 Å². The summed E-state index contributed by atoms with van der Waals surface area (Å²) in [5.41, 5.74) is 0.471. The first-order valence-corrected chi connectivity index (χ1v) is 10.2. The highest BCUT2D eigenvalue weighted by Crippen LogP contribution is 2.47. The highest BCUT2D eigenvalue weighted by atomic mass is 19.4. The Morgan fingerprint density at radius 1 is 1.12 bits per heavy atom. The number of rotatable bonds is 5. The number of aromatic nitrogens is 2. The summed E-state index contributed by atoms with van der Waals surface area (Å²) in [6.45, 7) is -0.117. The number of amides is 1. The van der Waals surface area contributed by atoms with E-state index in [1.54, 1.807) is 54.6 Å². The number of benzene rings is 2. The molecule has 8 nitrogen and oxygen atoms in total. The highest BCUT2D eigenvalue weighted by Gasteiger charge is 2.50. The fourth-order valence-electron chi connectivity index (χ4n) is 3.87. The van der Waals surface area contributed by atoms with Gasteiger partial charge in [0, 0.05) is 12.5 Å². The van der Waals surface area contributed by atoms with Gasteiger partial charge < -0.3 is 14.6 Å². The van der Waals surface area contributed by atoms with Gasteiger partial charge in [-0.25, -0.2) is 14.3 Å². The normalized spacial score (nSPS) is 17.7. The van der Waals surface area contributed by atoms with Crippen LogP contribution in [0.15, 0.2) is 60.7 Å². The molecule has 2 heterocycles. The smallest absolute Gasteiger partial charge is 0.416 e. The van der Waals surface area contributed by atoms with Gasteiger partial charge in [-0.2, -0.15) is 18.3 Å². The van der Waals surface area contributed by atoms with Gasteiger partial charge in [0.25, 0.3) is 0 Å². The van der Waals surface area contributed by atoms with Crippen molar-refractivity contribution in [3.63, 3.8) is 0 Å². The van der Waals surface area contributed by atoms with Crippen LogP contribution in [0.25, 0.3) is 0 Å². The Kier molecular flexibility index (Phi) is 6.18. The van der Waals surface area contributed by atoms with Gasteiger partial charge in [-0.1, -0.05) is 42.5 Å². The highest BCUT2D eigenvalue weighted by molar-refractivity contribution is 5.91. The molecule has 1 amide bonds. The van der Waals surface area contributed by atoms with Crippen LogP contribution < -0.4 is 9.64 Å². The standard InChI is InChI=1S/C23H20F3N3O5/c1-33-16-9-7-15(8-10-16)18-12-19(23(24,25)26)29-20(11-17(27-29)21(30)31)28(18)22(32)34-13-14-5-3-2-4-6-14/h2-11,18-19H,12-13H2,1H3,(H,30,31). The maximum atomic E-state index is 14.0. The van der Waals surface area contributed by atoms with Gasteiger partial charge in [0.05, 0.1) is 13.2 Å². The van der Waals surface area contributed by atoms with Gasteiger partial charge >= 0.3 is 18.2 Å². The molecule has 4 rings (SSSR count). The van der Waals surface area contributed by atoms with Crippen molar-refractivity contribution in [1.82, 2.24) is 9.78 Å². The zero-order valence-corrected chi connectivity index (χ0v) is 17.9. The number of alkyl halides is 3. The van der Waals surface area contributed by atoms with Gasteiger partial charge in [0.1, 0.15) is 18.2 Å². The Bertz CT molecular complexity index is 1180. The lowest BCUT2D eigenvalue weighted by molar-refractivity contribution is -0.174. The minimum absolute atomic E-state index is 0.117. The molecule has 0 saturated carbocycles. The van der Waals surface area contributed by atoms with E-state index >= 15 is 0 Å². The zero-order chi connectivity index (χ0) is 24.5. The average molecular weight is 475 g/mol. The summed E-state index contributed by atoms with van der Waals surface area (Å²) in [7, 11) is 1.45. The number of carboxylic acids is 1. The minimum atomic E-state index is -4.73. The summed E-state index contributed by atoms with van der Waals surface area (Å²) < 4.78 is 53.0. The largest absolute Gasteiger partial charge is 0.497 e. The maximum Gasteiger partial charge on any atom is 0.416 e. The molecule has 11 heteroatoms. The number of nitrogens with zero attached hydrogens (tertiary/aromatic N) is 3. The number of anilines is 1. The molecule has 2 aromatic carbocycles. The van der Waals surface area contributed by atoms with Crippen molar-refractivity contribution in [2.24, 2.45) is 0 Å². The molecule has 3 aromatic rings. The Morgan fingerprint density at radius 2 is 1.79 bits per heavy atom. The SMILES string of the molecule is COc1ccc(C2CC(C(F)(F)F)n3nc(C(=O)O)cc3N2C(=O)OCc2ccccc2)cc1. The van der Waals surface area contributed by atoms with Crippen molar-refractivity contribution < 1.29 is 37.3 Å². The molecule has 0 radical (unpaired) electrons. The summed E-state index contributed by atoms with van der Waals surface area (Å²) in [5.74, 6) is -1.34. The molecule has 1 N–H and O–H groups in total. The number of carboxylic acid groups (broad SMARTS) is 1. The summed E-state index contributed by atoms with van der Waals surface area (Å²) in [4.78, 5) is 25.7. The average Bonchev–Trinajstić information content (AvgIpc) is 3.27. The number of hydrogen-bond donors (Lipinski definition) is 1. The lowest BCUT2D eigenvalue weighted by atomic mass is 9.95. The van der Waals surface area contributed by atoms with Crippen LogP contribution in [-0.2, 0) is 11.3 Å². The van der Waals surface area contributed by atoms with E-state index in [0.717, 1.165) is 11.0 Å². The summed E-state index contributed by atoms with van der Waals surface area (Å²) in [5, 5.41) is 13.0. The Morgan fingerprint density at radius 3 is 2.38 bits per heavy atom. The van der Waals surface area contributed by atoms with Gasteiger partial charge in [0.15, 0.2) is 11.7 Å². The number of fused-ring (bicyclic) bond motifs is 1. The Balaban J connectivity index is 1.78. The van der Waals surface area contributed by atoms with E-state index in [0.29, 0.717) is 21.6 Å². The van der Waals surface area contributed by atoms with Crippen molar-refractivity contribution in [3.05, 3.63) is 77.5 Å². The quantitative estimate of drug-likeness (QED) is 0.559. The third kappa shape index (κ3) is 4.54. The molecule has 34 heavy (non-hydrogen) atoms. The molecule has 2 unspecified atom stereocenters. The molecule has 1 aliphatic rings. The van der Waals surface area contributed by atoms with Gasteiger partial charge in [0.2, 0.25) is 0 Å². The third-order valence-electron chi connectivity index (χ3n) is 5.52. The molecule has 0 spiro atoms. The fourth-order valence-corrected chi connectivity index (χ4v) is 3.87.